The number of aromatic nitrogens is 1. The largest absolute Gasteiger partial charge is 0.452 e. The van der Waals surface area contributed by atoms with Gasteiger partial charge in [-0.1, -0.05) is 25.0 Å². The molecule has 0 radical (unpaired) electrons. The first kappa shape index (κ1) is 23.5. The Balaban J connectivity index is 1.48. The van der Waals surface area contributed by atoms with Crippen LogP contribution in [-0.2, 0) is 19.4 Å². The minimum atomic E-state index is -3.12. The summed E-state index contributed by atoms with van der Waals surface area (Å²) in [6.45, 7) is 5.44. The van der Waals surface area contributed by atoms with Gasteiger partial charge in [-0.3, -0.25) is 4.79 Å². The van der Waals surface area contributed by atoms with Gasteiger partial charge in [0.15, 0.2) is 16.4 Å². The van der Waals surface area contributed by atoms with E-state index < -0.39 is 15.8 Å². The van der Waals surface area contributed by atoms with Gasteiger partial charge in [0.1, 0.15) is 0 Å². The van der Waals surface area contributed by atoms with Gasteiger partial charge in [-0.15, -0.1) is 0 Å². The fourth-order valence-electron chi connectivity index (χ4n) is 5.30. The Hall–Kier alpha value is -2.61. The van der Waals surface area contributed by atoms with Crippen molar-refractivity contribution in [3.05, 3.63) is 52.8 Å². The maximum Gasteiger partial charge on any atom is 0.340 e. The van der Waals surface area contributed by atoms with Crippen LogP contribution in [0.3, 0.4) is 0 Å². The van der Waals surface area contributed by atoms with Gasteiger partial charge in [0.05, 0.1) is 17.1 Å². The number of benzene rings is 1. The maximum absolute atomic E-state index is 13.1. The summed E-state index contributed by atoms with van der Waals surface area (Å²) in [5, 5.41) is 0. The molecule has 2 heterocycles. The van der Waals surface area contributed by atoms with Gasteiger partial charge in [0, 0.05) is 29.2 Å². The molecule has 0 bridgehead atoms. The van der Waals surface area contributed by atoms with E-state index in [0.717, 1.165) is 48.3 Å². The normalized spacial score (nSPS) is 20.2. The molecule has 178 valence electrons. The lowest BCUT2D eigenvalue weighted by Crippen LogP contribution is -2.48. The van der Waals surface area contributed by atoms with E-state index >= 15 is 0 Å². The quantitative estimate of drug-likeness (QED) is 0.601. The SMILES string of the molecule is Cc1cccc(-n2c(C)cc(C(=O)OCC(=O)N(C3CCCC3)C3CCS(=O)(=O)C3)c2C)c1. The topological polar surface area (TPSA) is 85.7 Å². The first-order chi connectivity index (χ1) is 15.7. The number of carbonyl (C=O) groups is 2. The van der Waals surface area contributed by atoms with Gasteiger partial charge in [0.2, 0.25) is 0 Å². The van der Waals surface area contributed by atoms with Crippen molar-refractivity contribution in [1.82, 2.24) is 9.47 Å². The second-order valence-electron chi connectivity index (χ2n) is 9.33. The number of sulfone groups is 1. The number of hydrogen-bond donors (Lipinski definition) is 0. The summed E-state index contributed by atoms with van der Waals surface area (Å²) in [4.78, 5) is 27.7. The molecule has 4 rings (SSSR count). The Morgan fingerprint density at radius 2 is 1.79 bits per heavy atom. The molecular weight excluding hydrogens is 440 g/mol. The molecule has 1 aliphatic heterocycles. The minimum Gasteiger partial charge on any atom is -0.452 e. The number of aryl methyl sites for hydroxylation is 2. The molecule has 1 aliphatic carbocycles. The van der Waals surface area contributed by atoms with E-state index in [4.69, 9.17) is 4.74 Å². The molecule has 2 fully saturated rings. The Morgan fingerprint density at radius 3 is 2.42 bits per heavy atom. The molecule has 1 aromatic heterocycles. The third-order valence-corrected chi connectivity index (χ3v) is 8.60. The zero-order valence-electron chi connectivity index (χ0n) is 19.5. The molecule has 8 heteroatoms. The molecule has 1 aromatic carbocycles. The highest BCUT2D eigenvalue weighted by atomic mass is 32.2. The lowest BCUT2D eigenvalue weighted by atomic mass is 10.1. The van der Waals surface area contributed by atoms with Gasteiger partial charge >= 0.3 is 5.97 Å². The number of hydrogen-bond acceptors (Lipinski definition) is 5. The maximum atomic E-state index is 13.1. The summed E-state index contributed by atoms with van der Waals surface area (Å²) >= 11 is 0. The average molecular weight is 473 g/mol. The minimum absolute atomic E-state index is 0.000826. The molecule has 33 heavy (non-hydrogen) atoms. The van der Waals surface area contributed by atoms with Crippen molar-refractivity contribution in [2.75, 3.05) is 18.1 Å². The van der Waals surface area contributed by atoms with E-state index in [9.17, 15) is 18.0 Å². The number of carbonyl (C=O) groups excluding carboxylic acids is 2. The lowest BCUT2D eigenvalue weighted by Gasteiger charge is -2.33. The van der Waals surface area contributed by atoms with Crippen LogP contribution < -0.4 is 0 Å². The Bertz CT molecular complexity index is 1160. The number of ether oxygens (including phenoxy) is 1. The van der Waals surface area contributed by atoms with Crippen LogP contribution in [0.15, 0.2) is 30.3 Å². The fourth-order valence-corrected chi connectivity index (χ4v) is 7.01. The van der Waals surface area contributed by atoms with Gasteiger partial charge < -0.3 is 14.2 Å². The summed E-state index contributed by atoms with van der Waals surface area (Å²) in [6.07, 6.45) is 4.25. The number of esters is 1. The molecule has 0 spiro atoms. The average Bonchev–Trinajstić information content (AvgIpc) is 3.46. The Morgan fingerprint density at radius 1 is 1.06 bits per heavy atom. The third kappa shape index (κ3) is 5.00. The van der Waals surface area contributed by atoms with Crippen molar-refractivity contribution in [3.63, 3.8) is 0 Å². The second-order valence-corrected chi connectivity index (χ2v) is 11.6. The van der Waals surface area contributed by atoms with Crippen LogP contribution in [0.1, 0.15) is 59.4 Å². The van der Waals surface area contributed by atoms with E-state index in [-0.39, 0.29) is 36.1 Å². The van der Waals surface area contributed by atoms with E-state index in [0.29, 0.717) is 12.0 Å². The zero-order chi connectivity index (χ0) is 23.8. The van der Waals surface area contributed by atoms with Gasteiger partial charge in [0.25, 0.3) is 5.91 Å². The fraction of sp³-hybridized carbons (Fsp3) is 0.520. The van der Waals surface area contributed by atoms with Crippen LogP contribution in [0.5, 0.6) is 0 Å². The van der Waals surface area contributed by atoms with Gasteiger partial charge in [-0.25, -0.2) is 13.2 Å². The summed E-state index contributed by atoms with van der Waals surface area (Å²) in [5.74, 6) is -0.731. The molecule has 2 aliphatic rings. The van der Waals surface area contributed by atoms with E-state index in [1.807, 2.05) is 49.6 Å². The first-order valence-corrected chi connectivity index (χ1v) is 13.4. The van der Waals surface area contributed by atoms with Crippen molar-refractivity contribution in [2.24, 2.45) is 0 Å². The highest BCUT2D eigenvalue weighted by Gasteiger charge is 2.39. The van der Waals surface area contributed by atoms with E-state index in [1.54, 1.807) is 11.0 Å². The van der Waals surface area contributed by atoms with Crippen molar-refractivity contribution in [2.45, 2.75) is 65.0 Å². The Labute approximate surface area is 195 Å². The predicted octanol–water partition coefficient (Wildman–Crippen LogP) is 3.52. The van der Waals surface area contributed by atoms with Crippen molar-refractivity contribution < 1.29 is 22.7 Å². The van der Waals surface area contributed by atoms with Crippen LogP contribution in [0, 0.1) is 20.8 Å². The number of rotatable bonds is 6. The summed E-state index contributed by atoms with van der Waals surface area (Å²) < 4.78 is 31.5. The van der Waals surface area contributed by atoms with E-state index in [2.05, 4.69) is 0 Å². The van der Waals surface area contributed by atoms with Crippen molar-refractivity contribution in [3.8, 4) is 5.69 Å². The van der Waals surface area contributed by atoms with Crippen LogP contribution >= 0.6 is 0 Å². The van der Waals surface area contributed by atoms with Gasteiger partial charge in [-0.2, -0.15) is 0 Å². The Kier molecular flexibility index (Phi) is 6.66. The van der Waals surface area contributed by atoms with Gasteiger partial charge in [-0.05, 0) is 63.8 Å². The lowest BCUT2D eigenvalue weighted by molar-refractivity contribution is -0.139. The molecule has 1 atom stereocenters. The zero-order valence-corrected chi connectivity index (χ0v) is 20.4. The number of nitrogens with zero attached hydrogens (tertiary/aromatic N) is 2. The summed E-state index contributed by atoms with van der Waals surface area (Å²) in [6, 6.07) is 9.51. The third-order valence-electron chi connectivity index (χ3n) is 6.85. The number of amides is 1. The summed E-state index contributed by atoms with van der Waals surface area (Å²) in [5.41, 5.74) is 4.17. The molecule has 1 amide bonds. The highest BCUT2D eigenvalue weighted by Crippen LogP contribution is 2.29. The van der Waals surface area contributed by atoms with Crippen LogP contribution in [-0.4, -0.2) is 60.0 Å². The standard InChI is InChI=1S/C25H32N2O5S/c1-17-7-6-10-21(13-17)26-18(2)14-23(19(26)3)25(29)32-15-24(28)27(20-8-4-5-9-20)22-11-12-33(30,31)16-22/h6-7,10,13-14,20,22H,4-5,8-9,11-12,15-16H2,1-3H3. The molecule has 1 unspecified atom stereocenters. The molecule has 2 aromatic rings. The highest BCUT2D eigenvalue weighted by molar-refractivity contribution is 7.91. The monoisotopic (exact) mass is 472 g/mol. The van der Waals surface area contributed by atoms with Crippen molar-refractivity contribution >= 4 is 21.7 Å². The van der Waals surface area contributed by atoms with Crippen molar-refractivity contribution in [1.29, 1.82) is 0 Å². The predicted molar refractivity (Wildman–Crippen MR) is 126 cm³/mol. The molecule has 0 N–H and O–H groups in total. The van der Waals surface area contributed by atoms with E-state index in [1.165, 1.54) is 0 Å². The van der Waals surface area contributed by atoms with Crippen LogP contribution in [0.4, 0.5) is 0 Å². The molecule has 1 saturated carbocycles. The van der Waals surface area contributed by atoms with Crippen LogP contribution in [0.25, 0.3) is 5.69 Å². The molecular formula is C25H32N2O5S. The summed E-state index contributed by atoms with van der Waals surface area (Å²) in [7, 11) is -3.12. The molecule has 1 saturated heterocycles. The smallest absolute Gasteiger partial charge is 0.340 e. The second kappa shape index (κ2) is 9.33. The van der Waals surface area contributed by atoms with Crippen LogP contribution in [0.2, 0.25) is 0 Å². The molecule has 7 nitrogen and oxygen atoms in total. The first-order valence-electron chi connectivity index (χ1n) is 11.6.